The van der Waals surface area contributed by atoms with Crippen molar-refractivity contribution < 1.29 is 17.6 Å². The molecule has 0 aliphatic heterocycles. The van der Waals surface area contributed by atoms with Crippen LogP contribution in [0.1, 0.15) is 21.5 Å². The Morgan fingerprint density at radius 2 is 1.85 bits per heavy atom. The maximum atomic E-state index is 13.7. The normalized spacial score (nSPS) is 11.2. The van der Waals surface area contributed by atoms with E-state index < -0.39 is 15.8 Å². The molecule has 1 heterocycles. The van der Waals surface area contributed by atoms with Crippen LogP contribution in [-0.2, 0) is 16.4 Å². The first-order valence-electron chi connectivity index (χ1n) is 7.94. The second-order valence-corrected chi connectivity index (χ2v) is 7.42. The molecule has 0 saturated carbocycles. The number of benzene rings is 2. The lowest BCUT2D eigenvalue weighted by Gasteiger charge is -2.12. The molecule has 0 aliphatic carbocycles. The van der Waals surface area contributed by atoms with E-state index in [9.17, 15) is 17.6 Å². The Kier molecular flexibility index (Phi) is 5.29. The van der Waals surface area contributed by atoms with E-state index in [2.05, 4.69) is 10.3 Å². The van der Waals surface area contributed by atoms with Gasteiger partial charge in [0, 0.05) is 18.1 Å². The predicted octanol–water partition coefficient (Wildman–Crippen LogP) is 2.71. The number of carbonyl (C=O) groups excluding carboxylic acids is 1. The van der Waals surface area contributed by atoms with Crippen molar-refractivity contribution in [1.82, 2.24) is 4.98 Å². The highest BCUT2D eigenvalue weighted by molar-refractivity contribution is 7.89. The SMILES string of the molecule is NS(=O)(=O)c1ccc(Cc2cc(F)ccc2NC(=O)c2cccnc2)cc1. The number of rotatable bonds is 5. The summed E-state index contributed by atoms with van der Waals surface area (Å²) in [6.07, 6.45) is 3.29. The number of nitrogens with two attached hydrogens (primary N) is 1. The highest BCUT2D eigenvalue weighted by Gasteiger charge is 2.12. The van der Waals surface area contributed by atoms with Crippen molar-refractivity contribution in [2.45, 2.75) is 11.3 Å². The Bertz CT molecular complexity index is 1070. The summed E-state index contributed by atoms with van der Waals surface area (Å²) < 4.78 is 36.4. The molecule has 0 aliphatic rings. The summed E-state index contributed by atoms with van der Waals surface area (Å²) in [5.41, 5.74) is 2.13. The number of halogens is 1. The number of primary sulfonamides is 1. The third kappa shape index (κ3) is 4.75. The van der Waals surface area contributed by atoms with E-state index in [1.54, 1.807) is 30.5 Å². The molecule has 3 rings (SSSR count). The Balaban J connectivity index is 1.85. The van der Waals surface area contributed by atoms with Crippen molar-refractivity contribution in [2.24, 2.45) is 5.14 Å². The molecular formula is C19H16FN3O3S. The average Bonchev–Trinajstić information content (AvgIpc) is 2.64. The number of nitrogens with zero attached hydrogens (tertiary/aromatic N) is 1. The van der Waals surface area contributed by atoms with Crippen LogP contribution in [-0.4, -0.2) is 19.3 Å². The fourth-order valence-corrected chi connectivity index (χ4v) is 3.05. The second kappa shape index (κ2) is 7.65. The van der Waals surface area contributed by atoms with Crippen LogP contribution >= 0.6 is 0 Å². The van der Waals surface area contributed by atoms with E-state index in [1.807, 2.05) is 0 Å². The molecule has 0 bridgehead atoms. The largest absolute Gasteiger partial charge is 0.322 e. The van der Waals surface area contributed by atoms with Crippen LogP contribution in [0, 0.1) is 5.82 Å². The Morgan fingerprint density at radius 1 is 1.11 bits per heavy atom. The number of pyridine rings is 1. The van der Waals surface area contributed by atoms with Gasteiger partial charge in [0.1, 0.15) is 5.82 Å². The first kappa shape index (κ1) is 18.7. The van der Waals surface area contributed by atoms with E-state index in [-0.39, 0.29) is 10.8 Å². The minimum absolute atomic E-state index is 0.00408. The summed E-state index contributed by atoms with van der Waals surface area (Å²) in [4.78, 5) is 16.2. The third-order valence-corrected chi connectivity index (χ3v) is 4.81. The summed E-state index contributed by atoms with van der Waals surface area (Å²) in [5, 5.41) is 7.83. The molecule has 0 unspecified atom stereocenters. The molecule has 27 heavy (non-hydrogen) atoms. The van der Waals surface area contributed by atoms with Crippen LogP contribution in [0.4, 0.5) is 10.1 Å². The van der Waals surface area contributed by atoms with Gasteiger partial charge in [-0.2, -0.15) is 0 Å². The lowest BCUT2D eigenvalue weighted by Crippen LogP contribution is -2.14. The zero-order valence-corrected chi connectivity index (χ0v) is 14.9. The molecule has 3 aromatic rings. The third-order valence-electron chi connectivity index (χ3n) is 3.89. The minimum Gasteiger partial charge on any atom is -0.322 e. The predicted molar refractivity (Wildman–Crippen MR) is 99.2 cm³/mol. The summed E-state index contributed by atoms with van der Waals surface area (Å²) in [6, 6.07) is 13.3. The second-order valence-electron chi connectivity index (χ2n) is 5.86. The number of hydrogen-bond donors (Lipinski definition) is 2. The molecule has 0 spiro atoms. The monoisotopic (exact) mass is 385 g/mol. The average molecular weight is 385 g/mol. The van der Waals surface area contributed by atoms with Crippen molar-refractivity contribution >= 4 is 21.6 Å². The number of carbonyl (C=O) groups is 1. The first-order valence-corrected chi connectivity index (χ1v) is 9.49. The number of sulfonamides is 1. The van der Waals surface area contributed by atoms with Crippen LogP contribution in [0.2, 0.25) is 0 Å². The number of nitrogens with one attached hydrogen (secondary N) is 1. The molecule has 0 radical (unpaired) electrons. The van der Waals surface area contributed by atoms with Gasteiger partial charge in [-0.1, -0.05) is 12.1 Å². The molecule has 0 fully saturated rings. The van der Waals surface area contributed by atoms with Crippen LogP contribution in [0.3, 0.4) is 0 Å². The fourth-order valence-electron chi connectivity index (χ4n) is 2.54. The molecule has 0 atom stereocenters. The van der Waals surface area contributed by atoms with Gasteiger partial charge in [-0.3, -0.25) is 9.78 Å². The van der Waals surface area contributed by atoms with Crippen LogP contribution in [0.25, 0.3) is 0 Å². The van der Waals surface area contributed by atoms with Gasteiger partial charge in [-0.05, 0) is 60.0 Å². The van der Waals surface area contributed by atoms with E-state index in [1.165, 1.54) is 36.5 Å². The van der Waals surface area contributed by atoms with Gasteiger partial charge in [0.2, 0.25) is 10.0 Å². The van der Waals surface area contributed by atoms with Gasteiger partial charge in [0.05, 0.1) is 10.5 Å². The molecule has 1 amide bonds. The Hall–Kier alpha value is -3.10. The van der Waals surface area contributed by atoms with Crippen LogP contribution < -0.4 is 10.5 Å². The van der Waals surface area contributed by atoms with Gasteiger partial charge >= 0.3 is 0 Å². The van der Waals surface area contributed by atoms with E-state index in [4.69, 9.17) is 5.14 Å². The van der Waals surface area contributed by atoms with E-state index >= 15 is 0 Å². The smallest absolute Gasteiger partial charge is 0.257 e. The van der Waals surface area contributed by atoms with Gasteiger partial charge in [0.25, 0.3) is 5.91 Å². The topological polar surface area (TPSA) is 102 Å². The van der Waals surface area contributed by atoms with E-state index in [0.717, 1.165) is 5.56 Å². The molecule has 0 saturated heterocycles. The fraction of sp³-hybridized carbons (Fsp3) is 0.0526. The molecule has 3 N–H and O–H groups in total. The lowest BCUT2D eigenvalue weighted by atomic mass is 10.0. The van der Waals surface area contributed by atoms with Gasteiger partial charge < -0.3 is 5.32 Å². The molecule has 2 aromatic carbocycles. The summed E-state index contributed by atoms with van der Waals surface area (Å²) >= 11 is 0. The van der Waals surface area contributed by atoms with Gasteiger partial charge in [-0.15, -0.1) is 0 Å². The number of anilines is 1. The van der Waals surface area contributed by atoms with Crippen molar-refractivity contribution in [1.29, 1.82) is 0 Å². The number of aromatic nitrogens is 1. The van der Waals surface area contributed by atoms with Crippen molar-refractivity contribution in [2.75, 3.05) is 5.32 Å². The zero-order valence-electron chi connectivity index (χ0n) is 14.1. The maximum Gasteiger partial charge on any atom is 0.257 e. The van der Waals surface area contributed by atoms with Gasteiger partial charge in [-0.25, -0.2) is 17.9 Å². The van der Waals surface area contributed by atoms with Crippen molar-refractivity contribution in [3.8, 4) is 0 Å². The minimum atomic E-state index is -3.78. The highest BCUT2D eigenvalue weighted by atomic mass is 32.2. The van der Waals surface area contributed by atoms with Gasteiger partial charge in [0.15, 0.2) is 0 Å². The van der Waals surface area contributed by atoms with Crippen molar-refractivity contribution in [3.63, 3.8) is 0 Å². The number of hydrogen-bond acceptors (Lipinski definition) is 4. The van der Waals surface area contributed by atoms with Crippen LogP contribution in [0.15, 0.2) is 71.9 Å². The molecule has 6 nitrogen and oxygen atoms in total. The standard InChI is InChI=1S/C19H16FN3O3S/c20-16-5-8-18(23-19(24)14-2-1-9-22-12-14)15(11-16)10-13-3-6-17(7-4-13)27(21,25)26/h1-9,11-12H,10H2,(H,23,24)(H2,21,25,26). The summed E-state index contributed by atoms with van der Waals surface area (Å²) in [6.45, 7) is 0. The molecule has 1 aromatic heterocycles. The molecule has 138 valence electrons. The quantitative estimate of drug-likeness (QED) is 0.705. The molecule has 8 heteroatoms. The van der Waals surface area contributed by atoms with Crippen LogP contribution in [0.5, 0.6) is 0 Å². The zero-order chi connectivity index (χ0) is 19.4. The van der Waals surface area contributed by atoms with Crippen molar-refractivity contribution in [3.05, 3.63) is 89.5 Å². The molecular weight excluding hydrogens is 369 g/mol. The highest BCUT2D eigenvalue weighted by Crippen LogP contribution is 2.22. The lowest BCUT2D eigenvalue weighted by molar-refractivity contribution is 0.102. The first-order chi connectivity index (χ1) is 12.8. The summed E-state index contributed by atoms with van der Waals surface area (Å²) in [5.74, 6) is -0.800. The summed E-state index contributed by atoms with van der Waals surface area (Å²) in [7, 11) is -3.78. The Morgan fingerprint density at radius 3 is 2.48 bits per heavy atom. The van der Waals surface area contributed by atoms with E-state index in [0.29, 0.717) is 23.2 Å². The maximum absolute atomic E-state index is 13.7. The Labute approximate surface area is 155 Å². The number of amides is 1.